The van der Waals surface area contributed by atoms with Crippen LogP contribution in [-0.2, 0) is 4.74 Å². The maximum Gasteiger partial charge on any atom is 0.322 e. The molecule has 0 spiro atoms. The van der Waals surface area contributed by atoms with Gasteiger partial charge in [0.25, 0.3) is 0 Å². The third-order valence-corrected chi connectivity index (χ3v) is 3.04. The number of aryl methyl sites for hydroxylation is 1. The number of morpholine rings is 1. The zero-order chi connectivity index (χ0) is 13.7. The van der Waals surface area contributed by atoms with Crippen LogP contribution >= 0.6 is 24.8 Å². The first-order chi connectivity index (χ1) is 9.19. The fourth-order valence-electron chi connectivity index (χ4n) is 2.09. The molecule has 21 heavy (non-hydrogen) atoms. The van der Waals surface area contributed by atoms with Gasteiger partial charge in [0.15, 0.2) is 0 Å². The summed E-state index contributed by atoms with van der Waals surface area (Å²) < 4.78 is 5.55. The van der Waals surface area contributed by atoms with Gasteiger partial charge in [-0.25, -0.2) is 4.79 Å². The molecule has 0 aromatic carbocycles. The molecule has 0 saturated carbocycles. The highest BCUT2D eigenvalue weighted by molar-refractivity contribution is 5.89. The fraction of sp³-hybridized carbons (Fsp3) is 0.538. The van der Waals surface area contributed by atoms with Crippen molar-refractivity contribution < 1.29 is 9.53 Å². The zero-order valence-corrected chi connectivity index (χ0v) is 13.6. The van der Waals surface area contributed by atoms with E-state index in [1.54, 1.807) is 17.3 Å². The maximum atomic E-state index is 12.1. The van der Waals surface area contributed by atoms with Gasteiger partial charge in [0.1, 0.15) is 0 Å². The Hall–Kier alpha value is -1.08. The van der Waals surface area contributed by atoms with E-state index < -0.39 is 0 Å². The van der Waals surface area contributed by atoms with Gasteiger partial charge in [-0.1, -0.05) is 0 Å². The molecule has 3 N–H and O–H groups in total. The number of nitrogens with one attached hydrogen (secondary N) is 1. The number of rotatable bonds is 3. The molecule has 1 aromatic rings. The van der Waals surface area contributed by atoms with Crippen LogP contribution in [0.25, 0.3) is 0 Å². The number of ether oxygens (including phenoxy) is 1. The van der Waals surface area contributed by atoms with Crippen LogP contribution in [-0.4, -0.2) is 48.3 Å². The summed E-state index contributed by atoms with van der Waals surface area (Å²) in [6.07, 6.45) is 4.21. The van der Waals surface area contributed by atoms with E-state index in [4.69, 9.17) is 10.5 Å². The molecule has 2 heterocycles. The van der Waals surface area contributed by atoms with E-state index in [0.29, 0.717) is 31.9 Å². The number of hydrogen-bond donors (Lipinski definition) is 2. The Labute approximate surface area is 137 Å². The summed E-state index contributed by atoms with van der Waals surface area (Å²) in [6.45, 7) is 4.26. The Balaban J connectivity index is 0.00000200. The molecule has 0 aliphatic carbocycles. The predicted octanol–water partition coefficient (Wildman–Crippen LogP) is 1.82. The first-order valence-electron chi connectivity index (χ1n) is 6.48. The van der Waals surface area contributed by atoms with Crippen molar-refractivity contribution in [2.24, 2.45) is 5.73 Å². The van der Waals surface area contributed by atoms with Gasteiger partial charge in [-0.3, -0.25) is 4.98 Å². The number of hydrogen-bond acceptors (Lipinski definition) is 4. The third-order valence-electron chi connectivity index (χ3n) is 3.04. The summed E-state index contributed by atoms with van der Waals surface area (Å²) in [5.41, 5.74) is 7.24. The minimum absolute atomic E-state index is 0. The number of pyridine rings is 1. The number of urea groups is 1. The van der Waals surface area contributed by atoms with E-state index in [-0.39, 0.29) is 36.9 Å². The van der Waals surface area contributed by atoms with Crippen molar-refractivity contribution in [2.75, 3.05) is 31.6 Å². The van der Waals surface area contributed by atoms with Crippen molar-refractivity contribution >= 4 is 36.5 Å². The average molecular weight is 337 g/mol. The number of nitrogens with zero attached hydrogens (tertiary/aromatic N) is 2. The lowest BCUT2D eigenvalue weighted by atomic mass is 10.2. The Bertz CT molecular complexity index is 446. The largest absolute Gasteiger partial charge is 0.374 e. The topological polar surface area (TPSA) is 80.5 Å². The summed E-state index contributed by atoms with van der Waals surface area (Å²) in [7, 11) is 0. The van der Waals surface area contributed by atoms with Crippen molar-refractivity contribution in [2.45, 2.75) is 19.4 Å². The average Bonchev–Trinajstić information content (AvgIpc) is 2.39. The van der Waals surface area contributed by atoms with Crippen LogP contribution in [0.4, 0.5) is 10.5 Å². The lowest BCUT2D eigenvalue weighted by Crippen LogP contribution is -2.47. The first kappa shape index (κ1) is 19.9. The van der Waals surface area contributed by atoms with Crippen LogP contribution in [0.2, 0.25) is 0 Å². The van der Waals surface area contributed by atoms with Crippen LogP contribution in [0, 0.1) is 6.92 Å². The van der Waals surface area contributed by atoms with E-state index in [0.717, 1.165) is 12.0 Å². The monoisotopic (exact) mass is 336 g/mol. The minimum Gasteiger partial charge on any atom is -0.374 e. The smallest absolute Gasteiger partial charge is 0.322 e. The standard InChI is InChI=1S/C13H20N4O2.2ClH/c1-10-6-11(8-15-7-10)16-13(18)17-4-5-19-12(9-17)2-3-14;;/h6-8,12H,2-5,9,14H2,1H3,(H,16,18);2*1H. The van der Waals surface area contributed by atoms with Crippen molar-refractivity contribution in [1.82, 2.24) is 9.88 Å². The second-order valence-corrected chi connectivity index (χ2v) is 4.70. The molecule has 1 saturated heterocycles. The summed E-state index contributed by atoms with van der Waals surface area (Å²) in [6, 6.07) is 1.78. The van der Waals surface area contributed by atoms with Crippen molar-refractivity contribution in [1.29, 1.82) is 0 Å². The van der Waals surface area contributed by atoms with Crippen LogP contribution in [0.3, 0.4) is 0 Å². The number of amides is 2. The molecule has 1 unspecified atom stereocenters. The van der Waals surface area contributed by atoms with Crippen LogP contribution < -0.4 is 11.1 Å². The molecular weight excluding hydrogens is 315 g/mol. The van der Waals surface area contributed by atoms with Gasteiger partial charge in [0, 0.05) is 19.3 Å². The summed E-state index contributed by atoms with van der Waals surface area (Å²) in [4.78, 5) is 17.9. The van der Waals surface area contributed by atoms with E-state index in [9.17, 15) is 4.79 Å². The second-order valence-electron chi connectivity index (χ2n) is 4.70. The molecule has 1 aliphatic rings. The normalized spacial score (nSPS) is 17.4. The molecule has 0 bridgehead atoms. The molecule has 2 amide bonds. The van der Waals surface area contributed by atoms with Gasteiger partial charge >= 0.3 is 6.03 Å². The molecule has 0 radical (unpaired) electrons. The summed E-state index contributed by atoms with van der Waals surface area (Å²) in [5, 5.41) is 2.85. The molecule has 1 aliphatic heterocycles. The highest BCUT2D eigenvalue weighted by Gasteiger charge is 2.23. The molecule has 1 fully saturated rings. The van der Waals surface area contributed by atoms with Crippen LogP contribution in [0.1, 0.15) is 12.0 Å². The van der Waals surface area contributed by atoms with Crippen molar-refractivity contribution in [3.63, 3.8) is 0 Å². The van der Waals surface area contributed by atoms with Gasteiger partial charge in [-0.05, 0) is 31.5 Å². The zero-order valence-electron chi connectivity index (χ0n) is 11.9. The predicted molar refractivity (Wildman–Crippen MR) is 87.5 cm³/mol. The molecule has 8 heteroatoms. The molecule has 120 valence electrons. The number of aromatic nitrogens is 1. The number of carbonyl (C=O) groups is 1. The summed E-state index contributed by atoms with van der Waals surface area (Å²) in [5.74, 6) is 0. The van der Waals surface area contributed by atoms with Gasteiger partial charge in [-0.15, -0.1) is 24.8 Å². The van der Waals surface area contributed by atoms with E-state index in [2.05, 4.69) is 10.3 Å². The highest BCUT2D eigenvalue weighted by Crippen LogP contribution is 2.12. The SMILES string of the molecule is Cc1cncc(NC(=O)N2CCOC(CCN)C2)c1.Cl.Cl. The number of halogens is 2. The molecule has 1 atom stereocenters. The van der Waals surface area contributed by atoms with Crippen LogP contribution in [0.5, 0.6) is 0 Å². The first-order valence-corrected chi connectivity index (χ1v) is 6.48. The van der Waals surface area contributed by atoms with Crippen molar-refractivity contribution in [3.8, 4) is 0 Å². The second kappa shape index (κ2) is 9.78. The third kappa shape index (κ3) is 6.05. The minimum atomic E-state index is -0.113. The van der Waals surface area contributed by atoms with Gasteiger partial charge < -0.3 is 20.7 Å². The Morgan fingerprint density at radius 1 is 1.52 bits per heavy atom. The quantitative estimate of drug-likeness (QED) is 0.882. The molecule has 2 rings (SSSR count). The van der Waals surface area contributed by atoms with E-state index in [1.807, 2.05) is 13.0 Å². The number of carbonyl (C=O) groups excluding carboxylic acids is 1. The molecule has 6 nitrogen and oxygen atoms in total. The summed E-state index contributed by atoms with van der Waals surface area (Å²) >= 11 is 0. The number of nitrogens with two attached hydrogens (primary N) is 1. The Kier molecular flexibility index (Phi) is 9.28. The van der Waals surface area contributed by atoms with Crippen LogP contribution in [0.15, 0.2) is 18.5 Å². The van der Waals surface area contributed by atoms with Gasteiger partial charge in [-0.2, -0.15) is 0 Å². The maximum absolute atomic E-state index is 12.1. The lowest BCUT2D eigenvalue weighted by Gasteiger charge is -2.32. The fourth-order valence-corrected chi connectivity index (χ4v) is 2.09. The Morgan fingerprint density at radius 3 is 2.95 bits per heavy atom. The number of anilines is 1. The van der Waals surface area contributed by atoms with E-state index >= 15 is 0 Å². The molecule has 1 aromatic heterocycles. The Morgan fingerprint density at radius 2 is 2.29 bits per heavy atom. The lowest BCUT2D eigenvalue weighted by molar-refractivity contribution is -0.0146. The highest BCUT2D eigenvalue weighted by atomic mass is 35.5. The van der Waals surface area contributed by atoms with Gasteiger partial charge in [0.05, 0.1) is 24.6 Å². The van der Waals surface area contributed by atoms with Gasteiger partial charge in [0.2, 0.25) is 0 Å². The van der Waals surface area contributed by atoms with Crippen molar-refractivity contribution in [3.05, 3.63) is 24.0 Å². The molecular formula is C13H22Cl2N4O2. The van der Waals surface area contributed by atoms with E-state index in [1.165, 1.54) is 0 Å².